The zero-order valence-electron chi connectivity index (χ0n) is 7.73. The molecule has 3 N–H and O–H groups in total. The van der Waals surface area contributed by atoms with Crippen LogP contribution in [-0.2, 0) is 0 Å². The molecule has 12 heavy (non-hydrogen) atoms. The second-order valence-corrected chi connectivity index (χ2v) is 3.73. The van der Waals surface area contributed by atoms with Gasteiger partial charge in [0.25, 0.3) is 0 Å². The van der Waals surface area contributed by atoms with Crippen LogP contribution in [-0.4, -0.2) is 11.6 Å². The van der Waals surface area contributed by atoms with Crippen LogP contribution in [0.3, 0.4) is 0 Å². The lowest BCUT2D eigenvalue weighted by molar-refractivity contribution is 0.229. The Labute approximate surface area is 73.7 Å². The van der Waals surface area contributed by atoms with Gasteiger partial charge in [-0.2, -0.15) is 0 Å². The summed E-state index contributed by atoms with van der Waals surface area (Å²) >= 11 is 0. The van der Waals surface area contributed by atoms with Gasteiger partial charge in [-0.3, -0.25) is 0 Å². The van der Waals surface area contributed by atoms with E-state index in [1.54, 1.807) is 0 Å². The van der Waals surface area contributed by atoms with Gasteiger partial charge >= 0.3 is 6.03 Å². The molecule has 0 bridgehead atoms. The van der Waals surface area contributed by atoms with E-state index >= 15 is 0 Å². The summed E-state index contributed by atoms with van der Waals surface area (Å²) in [5, 5.41) is 2.90. The van der Waals surface area contributed by atoms with Crippen molar-refractivity contribution in [3.8, 4) is 0 Å². The molecular weight excluding hydrogens is 152 g/mol. The highest BCUT2D eigenvalue weighted by molar-refractivity contribution is 5.72. The number of rotatable bonds is 3. The second kappa shape index (κ2) is 3.78. The molecule has 0 aliphatic heterocycles. The van der Waals surface area contributed by atoms with Gasteiger partial charge in [-0.1, -0.05) is 26.2 Å². The molecule has 1 aliphatic rings. The number of hydrogen-bond acceptors (Lipinski definition) is 1. The van der Waals surface area contributed by atoms with Gasteiger partial charge in [-0.25, -0.2) is 4.79 Å². The molecule has 0 aromatic carbocycles. The van der Waals surface area contributed by atoms with Gasteiger partial charge < -0.3 is 11.1 Å². The van der Waals surface area contributed by atoms with Crippen molar-refractivity contribution in [1.29, 1.82) is 0 Å². The summed E-state index contributed by atoms with van der Waals surface area (Å²) in [6.45, 7) is 2.14. The Bertz CT molecular complexity index is 162. The summed E-state index contributed by atoms with van der Waals surface area (Å²) in [5.74, 6) is 0. The number of carbonyl (C=O) groups excluding carboxylic acids is 1. The average molecular weight is 170 g/mol. The van der Waals surface area contributed by atoms with Crippen LogP contribution in [0.15, 0.2) is 0 Å². The van der Waals surface area contributed by atoms with Crippen LogP contribution >= 0.6 is 0 Å². The van der Waals surface area contributed by atoms with Gasteiger partial charge in [-0.05, 0) is 19.3 Å². The lowest BCUT2D eigenvalue weighted by Gasteiger charge is -2.28. The quantitative estimate of drug-likeness (QED) is 0.666. The largest absolute Gasteiger partial charge is 0.352 e. The van der Waals surface area contributed by atoms with Gasteiger partial charge in [0, 0.05) is 5.54 Å². The Morgan fingerprint density at radius 3 is 2.50 bits per heavy atom. The SMILES string of the molecule is CCCC1(NC(N)=O)CCCC1. The Morgan fingerprint density at radius 1 is 1.50 bits per heavy atom. The van der Waals surface area contributed by atoms with E-state index in [4.69, 9.17) is 5.73 Å². The average Bonchev–Trinajstić information content (AvgIpc) is 2.36. The molecule has 0 radical (unpaired) electrons. The fourth-order valence-corrected chi connectivity index (χ4v) is 2.23. The third-order valence-electron chi connectivity index (χ3n) is 2.68. The monoisotopic (exact) mass is 170 g/mol. The maximum atomic E-state index is 10.7. The van der Waals surface area contributed by atoms with Crippen molar-refractivity contribution >= 4 is 6.03 Å². The number of amides is 2. The number of hydrogen-bond donors (Lipinski definition) is 2. The molecule has 1 fully saturated rings. The van der Waals surface area contributed by atoms with Crippen molar-refractivity contribution in [2.45, 2.75) is 51.0 Å². The zero-order chi connectivity index (χ0) is 9.03. The maximum Gasteiger partial charge on any atom is 0.312 e. The predicted octanol–water partition coefficient (Wildman–Crippen LogP) is 1.77. The summed E-state index contributed by atoms with van der Waals surface area (Å²) in [6, 6.07) is -0.370. The molecule has 2 amide bonds. The Morgan fingerprint density at radius 2 is 2.08 bits per heavy atom. The lowest BCUT2D eigenvalue weighted by atomic mass is 9.92. The summed E-state index contributed by atoms with van der Waals surface area (Å²) < 4.78 is 0. The van der Waals surface area contributed by atoms with E-state index in [-0.39, 0.29) is 11.6 Å². The Hall–Kier alpha value is -0.730. The highest BCUT2D eigenvalue weighted by Gasteiger charge is 2.33. The molecule has 1 aliphatic carbocycles. The summed E-state index contributed by atoms with van der Waals surface area (Å²) in [5.41, 5.74) is 5.18. The third-order valence-corrected chi connectivity index (χ3v) is 2.68. The first-order chi connectivity index (χ1) is 5.68. The van der Waals surface area contributed by atoms with Gasteiger partial charge in [0.15, 0.2) is 0 Å². The molecule has 0 unspecified atom stereocenters. The minimum absolute atomic E-state index is 0.0422. The summed E-state index contributed by atoms with van der Waals surface area (Å²) in [6.07, 6.45) is 6.82. The van der Waals surface area contributed by atoms with E-state index in [1.165, 1.54) is 12.8 Å². The number of nitrogens with one attached hydrogen (secondary N) is 1. The van der Waals surface area contributed by atoms with Crippen LogP contribution < -0.4 is 11.1 Å². The van der Waals surface area contributed by atoms with Crippen molar-refractivity contribution < 1.29 is 4.79 Å². The second-order valence-electron chi connectivity index (χ2n) is 3.73. The van der Waals surface area contributed by atoms with Gasteiger partial charge in [0.05, 0.1) is 0 Å². The molecule has 70 valence electrons. The fraction of sp³-hybridized carbons (Fsp3) is 0.889. The van der Waals surface area contributed by atoms with E-state index in [9.17, 15) is 4.79 Å². The van der Waals surface area contributed by atoms with E-state index in [2.05, 4.69) is 12.2 Å². The molecule has 0 saturated heterocycles. The smallest absolute Gasteiger partial charge is 0.312 e. The zero-order valence-corrected chi connectivity index (χ0v) is 7.73. The van der Waals surface area contributed by atoms with Gasteiger partial charge in [-0.15, -0.1) is 0 Å². The normalized spacial score (nSPS) is 20.8. The fourth-order valence-electron chi connectivity index (χ4n) is 2.23. The Kier molecular flexibility index (Phi) is 2.95. The molecule has 0 aromatic rings. The number of nitrogens with two attached hydrogens (primary N) is 1. The highest BCUT2D eigenvalue weighted by Crippen LogP contribution is 2.33. The molecular formula is C9H18N2O. The first kappa shape index (κ1) is 9.36. The first-order valence-corrected chi connectivity index (χ1v) is 4.76. The van der Waals surface area contributed by atoms with Crippen LogP contribution in [0.2, 0.25) is 0 Å². The molecule has 0 spiro atoms. The molecule has 0 atom stereocenters. The molecule has 0 heterocycles. The number of carbonyl (C=O) groups is 1. The molecule has 3 heteroatoms. The van der Waals surface area contributed by atoms with E-state index in [0.29, 0.717) is 0 Å². The van der Waals surface area contributed by atoms with Crippen LogP contribution in [0.5, 0.6) is 0 Å². The summed E-state index contributed by atoms with van der Waals surface area (Å²) in [7, 11) is 0. The minimum atomic E-state index is -0.370. The highest BCUT2D eigenvalue weighted by atomic mass is 16.2. The molecule has 0 aromatic heterocycles. The van der Waals surface area contributed by atoms with Crippen molar-refractivity contribution in [3.63, 3.8) is 0 Å². The van der Waals surface area contributed by atoms with Crippen LogP contribution in [0.25, 0.3) is 0 Å². The lowest BCUT2D eigenvalue weighted by Crippen LogP contribution is -2.48. The number of primary amides is 1. The van der Waals surface area contributed by atoms with E-state index < -0.39 is 0 Å². The standard InChI is InChI=1S/C9H18N2O/c1-2-5-9(11-8(10)12)6-3-4-7-9/h2-7H2,1H3,(H3,10,11,12). The molecule has 1 rings (SSSR count). The van der Waals surface area contributed by atoms with E-state index in [1.807, 2.05) is 0 Å². The van der Waals surface area contributed by atoms with Crippen molar-refractivity contribution in [1.82, 2.24) is 5.32 Å². The van der Waals surface area contributed by atoms with Crippen molar-refractivity contribution in [2.75, 3.05) is 0 Å². The van der Waals surface area contributed by atoms with E-state index in [0.717, 1.165) is 25.7 Å². The first-order valence-electron chi connectivity index (χ1n) is 4.76. The van der Waals surface area contributed by atoms with Gasteiger partial charge in [0.1, 0.15) is 0 Å². The molecule has 1 saturated carbocycles. The van der Waals surface area contributed by atoms with Crippen LogP contribution in [0, 0.1) is 0 Å². The van der Waals surface area contributed by atoms with Crippen LogP contribution in [0.1, 0.15) is 45.4 Å². The summed E-state index contributed by atoms with van der Waals surface area (Å²) in [4.78, 5) is 10.7. The van der Waals surface area contributed by atoms with Crippen LogP contribution in [0.4, 0.5) is 4.79 Å². The maximum absolute atomic E-state index is 10.7. The predicted molar refractivity (Wildman–Crippen MR) is 48.8 cm³/mol. The van der Waals surface area contributed by atoms with Crippen molar-refractivity contribution in [3.05, 3.63) is 0 Å². The minimum Gasteiger partial charge on any atom is -0.352 e. The van der Waals surface area contributed by atoms with Crippen molar-refractivity contribution in [2.24, 2.45) is 5.73 Å². The topological polar surface area (TPSA) is 55.1 Å². The molecule has 3 nitrogen and oxygen atoms in total. The Balaban J connectivity index is 2.52. The third kappa shape index (κ3) is 2.13. The number of urea groups is 1. The van der Waals surface area contributed by atoms with Gasteiger partial charge in [0.2, 0.25) is 0 Å².